The van der Waals surface area contributed by atoms with E-state index in [1.165, 1.54) is 0 Å². The molecule has 1 rings (SSSR count). The SMILES string of the molecule is CC=[C]CC1CO1. The summed E-state index contributed by atoms with van der Waals surface area (Å²) in [5, 5.41) is 0. The van der Waals surface area contributed by atoms with Crippen LogP contribution >= 0.6 is 0 Å². The van der Waals surface area contributed by atoms with Crippen LogP contribution < -0.4 is 0 Å². The van der Waals surface area contributed by atoms with E-state index in [0.717, 1.165) is 13.0 Å². The minimum Gasteiger partial charge on any atom is -0.373 e. The van der Waals surface area contributed by atoms with E-state index in [4.69, 9.17) is 4.74 Å². The third kappa shape index (κ3) is 1.74. The van der Waals surface area contributed by atoms with E-state index in [1.807, 2.05) is 13.0 Å². The Balaban J connectivity index is 1.98. The molecule has 1 unspecified atom stereocenters. The second-order valence-electron chi connectivity index (χ2n) is 1.65. The highest BCUT2D eigenvalue weighted by atomic mass is 16.6. The van der Waals surface area contributed by atoms with Crippen LogP contribution in [-0.4, -0.2) is 12.7 Å². The number of hydrogen-bond donors (Lipinski definition) is 0. The first-order valence-corrected chi connectivity index (χ1v) is 2.56. The van der Waals surface area contributed by atoms with E-state index >= 15 is 0 Å². The van der Waals surface area contributed by atoms with E-state index in [9.17, 15) is 0 Å². The van der Waals surface area contributed by atoms with Gasteiger partial charge in [0.25, 0.3) is 0 Å². The smallest absolute Gasteiger partial charge is 0.0850 e. The maximum absolute atomic E-state index is 4.93. The van der Waals surface area contributed by atoms with Crippen molar-refractivity contribution in [1.29, 1.82) is 0 Å². The zero-order valence-corrected chi connectivity index (χ0v) is 4.48. The molecule has 0 spiro atoms. The zero-order chi connectivity index (χ0) is 5.11. The average Bonchev–Trinajstić information content (AvgIpc) is 2.42. The molecule has 1 fully saturated rings. The molecule has 0 N–H and O–H groups in total. The van der Waals surface area contributed by atoms with Gasteiger partial charge in [-0.25, -0.2) is 0 Å². The van der Waals surface area contributed by atoms with Crippen LogP contribution in [0, 0.1) is 6.08 Å². The van der Waals surface area contributed by atoms with Crippen molar-refractivity contribution < 1.29 is 4.74 Å². The molecule has 1 saturated heterocycles. The summed E-state index contributed by atoms with van der Waals surface area (Å²) < 4.78 is 4.93. The first kappa shape index (κ1) is 4.85. The number of epoxide rings is 1. The Morgan fingerprint density at radius 2 is 2.71 bits per heavy atom. The monoisotopic (exact) mass is 97.1 g/mol. The Kier molecular flexibility index (Phi) is 1.47. The molecule has 1 nitrogen and oxygen atoms in total. The van der Waals surface area contributed by atoms with Gasteiger partial charge < -0.3 is 4.74 Å². The van der Waals surface area contributed by atoms with Crippen molar-refractivity contribution in [2.45, 2.75) is 19.4 Å². The standard InChI is InChI=1S/C6H9O/c1-2-3-4-6-5-7-6/h2,6H,4-5H2,1H3. The van der Waals surface area contributed by atoms with Gasteiger partial charge in [0, 0.05) is 6.42 Å². The highest BCUT2D eigenvalue weighted by molar-refractivity contribution is 4.78. The van der Waals surface area contributed by atoms with Crippen LogP contribution in [0.3, 0.4) is 0 Å². The van der Waals surface area contributed by atoms with Crippen molar-refractivity contribution in [1.82, 2.24) is 0 Å². The summed E-state index contributed by atoms with van der Waals surface area (Å²) in [7, 11) is 0. The Morgan fingerprint density at radius 1 is 2.00 bits per heavy atom. The van der Waals surface area contributed by atoms with Gasteiger partial charge in [-0.3, -0.25) is 0 Å². The van der Waals surface area contributed by atoms with Gasteiger partial charge >= 0.3 is 0 Å². The van der Waals surface area contributed by atoms with Crippen molar-refractivity contribution in [2.24, 2.45) is 0 Å². The minimum absolute atomic E-state index is 0.510. The Morgan fingerprint density at radius 3 is 3.14 bits per heavy atom. The van der Waals surface area contributed by atoms with Gasteiger partial charge in [-0.15, -0.1) is 0 Å². The summed E-state index contributed by atoms with van der Waals surface area (Å²) in [6, 6.07) is 0. The van der Waals surface area contributed by atoms with Crippen LogP contribution in [0.2, 0.25) is 0 Å². The van der Waals surface area contributed by atoms with Gasteiger partial charge in [0.15, 0.2) is 0 Å². The molecule has 0 saturated carbocycles. The Labute approximate surface area is 44.0 Å². The molecule has 0 aliphatic carbocycles. The fraction of sp³-hybridized carbons (Fsp3) is 0.667. The van der Waals surface area contributed by atoms with E-state index in [-0.39, 0.29) is 0 Å². The molecule has 1 heterocycles. The Hall–Kier alpha value is -0.300. The lowest BCUT2D eigenvalue weighted by Gasteiger charge is -1.75. The largest absolute Gasteiger partial charge is 0.373 e. The average molecular weight is 97.1 g/mol. The number of hydrogen-bond acceptors (Lipinski definition) is 1. The minimum atomic E-state index is 0.510. The van der Waals surface area contributed by atoms with Crippen LogP contribution in [0.15, 0.2) is 6.08 Å². The van der Waals surface area contributed by atoms with E-state index in [2.05, 4.69) is 6.08 Å². The summed E-state index contributed by atoms with van der Waals surface area (Å²) in [6.45, 7) is 2.92. The molecule has 0 aromatic heterocycles. The highest BCUT2D eigenvalue weighted by Gasteiger charge is 2.19. The van der Waals surface area contributed by atoms with Gasteiger partial charge in [0.2, 0.25) is 0 Å². The van der Waals surface area contributed by atoms with Gasteiger partial charge in [0.1, 0.15) is 0 Å². The molecule has 1 aliphatic rings. The summed E-state index contributed by atoms with van der Waals surface area (Å²) in [4.78, 5) is 0. The molecule has 1 heteroatoms. The molecular weight excluding hydrogens is 88.1 g/mol. The lowest BCUT2D eigenvalue weighted by atomic mass is 10.3. The molecule has 0 bridgehead atoms. The zero-order valence-electron chi connectivity index (χ0n) is 4.48. The van der Waals surface area contributed by atoms with E-state index in [1.54, 1.807) is 0 Å². The normalized spacial score (nSPS) is 29.0. The van der Waals surface area contributed by atoms with E-state index < -0.39 is 0 Å². The van der Waals surface area contributed by atoms with Crippen molar-refractivity contribution in [3.05, 3.63) is 12.2 Å². The summed E-state index contributed by atoms with van der Waals surface area (Å²) in [5.74, 6) is 0. The fourth-order valence-corrected chi connectivity index (χ4v) is 0.435. The summed E-state index contributed by atoms with van der Waals surface area (Å²) in [5.41, 5.74) is 0. The number of rotatable bonds is 2. The maximum atomic E-state index is 4.93. The number of ether oxygens (including phenoxy) is 1. The molecule has 0 amide bonds. The van der Waals surface area contributed by atoms with Crippen LogP contribution in [0.5, 0.6) is 0 Å². The topological polar surface area (TPSA) is 12.5 Å². The molecule has 39 valence electrons. The lowest BCUT2D eigenvalue weighted by molar-refractivity contribution is 0.408. The second kappa shape index (κ2) is 2.12. The molecule has 1 radical (unpaired) electrons. The number of allylic oxidation sites excluding steroid dienone is 1. The second-order valence-corrected chi connectivity index (χ2v) is 1.65. The Bertz CT molecular complexity index is 72.2. The molecule has 7 heavy (non-hydrogen) atoms. The third-order valence-corrected chi connectivity index (χ3v) is 0.952. The van der Waals surface area contributed by atoms with Gasteiger partial charge in [-0.05, 0) is 13.0 Å². The predicted molar refractivity (Wildman–Crippen MR) is 27.8 cm³/mol. The summed E-state index contributed by atoms with van der Waals surface area (Å²) >= 11 is 0. The molecule has 0 aromatic carbocycles. The van der Waals surface area contributed by atoms with Crippen LogP contribution in [0.25, 0.3) is 0 Å². The third-order valence-electron chi connectivity index (χ3n) is 0.952. The fourth-order valence-electron chi connectivity index (χ4n) is 0.435. The molecular formula is C6H9O. The van der Waals surface area contributed by atoms with Crippen LogP contribution in [0.1, 0.15) is 13.3 Å². The van der Waals surface area contributed by atoms with Crippen molar-refractivity contribution in [3.8, 4) is 0 Å². The first-order chi connectivity index (χ1) is 3.43. The van der Waals surface area contributed by atoms with Gasteiger partial charge in [0.05, 0.1) is 12.7 Å². The highest BCUT2D eigenvalue weighted by Crippen LogP contribution is 2.12. The van der Waals surface area contributed by atoms with Crippen molar-refractivity contribution >= 4 is 0 Å². The molecule has 1 atom stereocenters. The van der Waals surface area contributed by atoms with Gasteiger partial charge in [-0.2, -0.15) is 0 Å². The maximum Gasteiger partial charge on any atom is 0.0850 e. The van der Waals surface area contributed by atoms with E-state index in [0.29, 0.717) is 6.10 Å². The quantitative estimate of drug-likeness (QED) is 0.471. The first-order valence-electron chi connectivity index (χ1n) is 2.56. The van der Waals surface area contributed by atoms with Crippen molar-refractivity contribution in [3.63, 3.8) is 0 Å². The van der Waals surface area contributed by atoms with Gasteiger partial charge in [-0.1, -0.05) is 6.08 Å². The molecule has 0 aromatic rings. The predicted octanol–water partition coefficient (Wildman–Crippen LogP) is 1.15. The van der Waals surface area contributed by atoms with Crippen molar-refractivity contribution in [2.75, 3.05) is 6.61 Å². The lowest BCUT2D eigenvalue weighted by Crippen LogP contribution is -1.77. The summed E-state index contributed by atoms with van der Waals surface area (Å²) in [6.07, 6.45) is 6.49. The van der Waals surface area contributed by atoms with Crippen LogP contribution in [-0.2, 0) is 4.74 Å². The van der Waals surface area contributed by atoms with Crippen LogP contribution in [0.4, 0.5) is 0 Å². The molecule has 1 aliphatic heterocycles.